The summed E-state index contributed by atoms with van der Waals surface area (Å²) in [4.78, 5) is 0.0403. The normalized spacial score (nSPS) is 12.7. The Labute approximate surface area is 89.8 Å². The monoisotopic (exact) mass is 248 g/mol. The van der Waals surface area contributed by atoms with Crippen molar-refractivity contribution in [3.63, 3.8) is 0 Å². The number of aryl methyl sites for hydroxylation is 1. The lowest BCUT2D eigenvalue weighted by Crippen LogP contribution is -2.15. The van der Waals surface area contributed by atoms with Crippen LogP contribution in [0.1, 0.15) is 5.56 Å². The van der Waals surface area contributed by atoms with Gasteiger partial charge in [-0.1, -0.05) is 17.7 Å². The molecule has 0 unspecified atom stereocenters. The van der Waals surface area contributed by atoms with Gasteiger partial charge in [-0.15, -0.1) is 0 Å². The van der Waals surface area contributed by atoms with Gasteiger partial charge in [-0.05, 0) is 19.1 Å². The summed E-state index contributed by atoms with van der Waals surface area (Å²) in [6, 6.07) is 6.09. The van der Waals surface area contributed by atoms with Crippen LogP contribution in [0.15, 0.2) is 29.2 Å². The average Bonchev–Trinajstić information content (AvgIpc) is 2.00. The maximum atomic E-state index is 11.6. The second kappa shape index (κ2) is 3.94. The minimum Gasteiger partial charge on any atom is -0.228 e. The summed E-state index contributed by atoms with van der Waals surface area (Å²) < 4.78 is 45.0. The van der Waals surface area contributed by atoms with Crippen LogP contribution in [0, 0.1) is 6.92 Å². The van der Waals surface area contributed by atoms with Gasteiger partial charge in [0.05, 0.1) is 4.90 Å². The van der Waals surface area contributed by atoms with E-state index < -0.39 is 24.8 Å². The Balaban J connectivity index is 3.13. The van der Waals surface area contributed by atoms with E-state index in [1.54, 1.807) is 12.1 Å². The fourth-order valence-corrected chi connectivity index (χ4v) is 4.45. The predicted molar refractivity (Wildman–Crippen MR) is 58.1 cm³/mol. The van der Waals surface area contributed by atoms with Gasteiger partial charge < -0.3 is 0 Å². The fourth-order valence-electron chi connectivity index (χ4n) is 1.10. The van der Waals surface area contributed by atoms with E-state index in [0.717, 1.165) is 11.8 Å². The minimum atomic E-state index is -3.72. The predicted octanol–water partition coefficient (Wildman–Crippen LogP) is 0.771. The standard InChI is InChI=1S/C9H12O4S2/c1-8-3-5-9(6-4-8)15(12,13)7-14(2,10)11/h3-6H,7H2,1-2H3. The van der Waals surface area contributed by atoms with Crippen LogP contribution in [0.25, 0.3) is 0 Å². The lowest BCUT2D eigenvalue weighted by Gasteiger charge is -2.02. The number of rotatable bonds is 3. The van der Waals surface area contributed by atoms with Crippen molar-refractivity contribution in [2.75, 3.05) is 11.3 Å². The van der Waals surface area contributed by atoms with Crippen molar-refractivity contribution in [1.82, 2.24) is 0 Å². The second-order valence-electron chi connectivity index (χ2n) is 3.47. The largest absolute Gasteiger partial charge is 0.228 e. The summed E-state index contributed by atoms with van der Waals surface area (Å²) in [6.45, 7) is 1.83. The molecule has 0 fully saturated rings. The molecule has 0 bridgehead atoms. The molecule has 0 heterocycles. The average molecular weight is 248 g/mol. The van der Waals surface area contributed by atoms with Gasteiger partial charge in [-0.2, -0.15) is 0 Å². The van der Waals surface area contributed by atoms with Crippen LogP contribution < -0.4 is 0 Å². The third kappa shape index (κ3) is 3.64. The molecule has 0 aliphatic rings. The SMILES string of the molecule is Cc1ccc(S(=O)(=O)CS(C)(=O)=O)cc1. The Bertz CT molecular complexity index is 538. The number of hydrogen-bond donors (Lipinski definition) is 0. The van der Waals surface area contributed by atoms with Gasteiger partial charge in [0.2, 0.25) is 0 Å². The lowest BCUT2D eigenvalue weighted by molar-refractivity contribution is 0.591. The molecule has 84 valence electrons. The summed E-state index contributed by atoms with van der Waals surface area (Å²) in [5.41, 5.74) is 0.924. The molecule has 0 aromatic heterocycles. The van der Waals surface area contributed by atoms with E-state index >= 15 is 0 Å². The third-order valence-electron chi connectivity index (χ3n) is 1.75. The van der Waals surface area contributed by atoms with Crippen molar-refractivity contribution < 1.29 is 16.8 Å². The molecule has 15 heavy (non-hydrogen) atoms. The second-order valence-corrected chi connectivity index (χ2v) is 7.97. The summed E-state index contributed by atoms with van der Waals surface area (Å²) in [7, 11) is -7.25. The zero-order valence-corrected chi connectivity index (χ0v) is 10.1. The van der Waals surface area contributed by atoms with Crippen LogP contribution in [0.4, 0.5) is 0 Å². The van der Waals surface area contributed by atoms with Gasteiger partial charge in [0.15, 0.2) is 24.8 Å². The van der Waals surface area contributed by atoms with Gasteiger partial charge in [-0.25, -0.2) is 16.8 Å². The Morgan fingerprint density at radius 2 is 1.47 bits per heavy atom. The van der Waals surface area contributed by atoms with E-state index in [0.29, 0.717) is 0 Å². The maximum absolute atomic E-state index is 11.6. The lowest BCUT2D eigenvalue weighted by atomic mass is 10.2. The van der Waals surface area contributed by atoms with Crippen molar-refractivity contribution in [1.29, 1.82) is 0 Å². The highest BCUT2D eigenvalue weighted by Crippen LogP contribution is 2.13. The zero-order valence-electron chi connectivity index (χ0n) is 8.47. The first-order valence-corrected chi connectivity index (χ1v) is 7.89. The molecule has 0 amide bonds. The van der Waals surface area contributed by atoms with Gasteiger partial charge in [0.1, 0.15) is 0 Å². The van der Waals surface area contributed by atoms with Gasteiger partial charge in [-0.3, -0.25) is 0 Å². The summed E-state index contributed by atoms with van der Waals surface area (Å²) in [5.74, 6) is 0. The molecule has 1 rings (SSSR count). The van der Waals surface area contributed by atoms with Crippen LogP contribution >= 0.6 is 0 Å². The van der Waals surface area contributed by atoms with Gasteiger partial charge >= 0.3 is 0 Å². The molecule has 0 aliphatic carbocycles. The highest BCUT2D eigenvalue weighted by Gasteiger charge is 2.20. The Kier molecular flexibility index (Phi) is 3.20. The molecular weight excluding hydrogens is 236 g/mol. The molecule has 0 saturated heterocycles. The molecule has 1 aromatic rings. The summed E-state index contributed by atoms with van der Waals surface area (Å²) >= 11 is 0. The highest BCUT2D eigenvalue weighted by molar-refractivity contribution is 8.07. The number of hydrogen-bond acceptors (Lipinski definition) is 4. The third-order valence-corrected chi connectivity index (χ3v) is 5.69. The molecule has 1 aromatic carbocycles. The molecule has 0 saturated carbocycles. The molecule has 0 spiro atoms. The molecule has 0 N–H and O–H groups in total. The first-order chi connectivity index (χ1) is 6.71. The van der Waals surface area contributed by atoms with Gasteiger partial charge in [0.25, 0.3) is 0 Å². The number of sulfone groups is 2. The van der Waals surface area contributed by atoms with E-state index in [1.807, 2.05) is 6.92 Å². The first-order valence-electron chi connectivity index (χ1n) is 4.18. The number of benzene rings is 1. The Hall–Kier alpha value is -0.880. The quantitative estimate of drug-likeness (QED) is 0.792. The zero-order chi connectivity index (χ0) is 11.7. The van der Waals surface area contributed by atoms with E-state index in [-0.39, 0.29) is 4.90 Å². The minimum absolute atomic E-state index is 0.0403. The fraction of sp³-hybridized carbons (Fsp3) is 0.333. The van der Waals surface area contributed by atoms with Crippen molar-refractivity contribution in [3.8, 4) is 0 Å². The summed E-state index contributed by atoms with van der Waals surface area (Å²) in [5, 5.41) is -0.844. The topological polar surface area (TPSA) is 68.3 Å². The van der Waals surface area contributed by atoms with Crippen LogP contribution in [0.5, 0.6) is 0 Å². The van der Waals surface area contributed by atoms with Crippen LogP contribution in [-0.4, -0.2) is 28.2 Å². The first kappa shape index (κ1) is 12.2. The van der Waals surface area contributed by atoms with Crippen LogP contribution in [-0.2, 0) is 19.7 Å². The smallest absolute Gasteiger partial charge is 0.192 e. The van der Waals surface area contributed by atoms with Crippen molar-refractivity contribution in [3.05, 3.63) is 29.8 Å². The highest BCUT2D eigenvalue weighted by atomic mass is 32.3. The Morgan fingerprint density at radius 1 is 1.00 bits per heavy atom. The molecule has 0 atom stereocenters. The van der Waals surface area contributed by atoms with Crippen LogP contribution in [0.3, 0.4) is 0 Å². The molecule has 0 aliphatic heterocycles. The molecule has 0 radical (unpaired) electrons. The van der Waals surface area contributed by atoms with E-state index in [9.17, 15) is 16.8 Å². The maximum Gasteiger partial charge on any atom is 0.192 e. The summed E-state index contributed by atoms with van der Waals surface area (Å²) in [6.07, 6.45) is 0.902. The van der Waals surface area contributed by atoms with E-state index in [2.05, 4.69) is 0 Å². The molecular formula is C9H12O4S2. The Morgan fingerprint density at radius 3 is 1.87 bits per heavy atom. The molecule has 6 heteroatoms. The van der Waals surface area contributed by atoms with E-state index in [1.165, 1.54) is 12.1 Å². The van der Waals surface area contributed by atoms with Crippen molar-refractivity contribution in [2.24, 2.45) is 0 Å². The van der Waals surface area contributed by atoms with E-state index in [4.69, 9.17) is 0 Å². The van der Waals surface area contributed by atoms with Crippen LogP contribution in [0.2, 0.25) is 0 Å². The van der Waals surface area contributed by atoms with Crippen molar-refractivity contribution >= 4 is 19.7 Å². The molecule has 4 nitrogen and oxygen atoms in total. The van der Waals surface area contributed by atoms with Gasteiger partial charge in [0, 0.05) is 6.26 Å². The van der Waals surface area contributed by atoms with Crippen molar-refractivity contribution in [2.45, 2.75) is 11.8 Å².